The van der Waals surface area contributed by atoms with E-state index >= 15 is 0 Å². The van der Waals surface area contributed by atoms with Gasteiger partial charge < -0.3 is 4.74 Å². The van der Waals surface area contributed by atoms with Crippen LogP contribution in [0.4, 0.5) is 4.39 Å². The van der Waals surface area contributed by atoms with Crippen LogP contribution in [0, 0.1) is 19.7 Å². The second-order valence-corrected chi connectivity index (χ2v) is 7.11. The fourth-order valence-electron chi connectivity index (χ4n) is 3.38. The van der Waals surface area contributed by atoms with Crippen LogP contribution >= 0.6 is 11.6 Å². The van der Waals surface area contributed by atoms with Crippen LogP contribution in [0.15, 0.2) is 24.3 Å². The third kappa shape index (κ3) is 3.17. The summed E-state index contributed by atoms with van der Waals surface area (Å²) < 4.78 is 20.0. The van der Waals surface area contributed by atoms with Gasteiger partial charge in [-0.3, -0.25) is 0 Å². The highest BCUT2D eigenvalue weighted by Gasteiger charge is 2.22. The van der Waals surface area contributed by atoms with Crippen LogP contribution in [0.25, 0.3) is 22.4 Å². The number of benzene rings is 1. The fraction of sp³-hybridized carbons (Fsp3) is 0.350. The minimum absolute atomic E-state index is 0.305. The lowest BCUT2D eigenvalue weighted by molar-refractivity contribution is 0.0855. The van der Waals surface area contributed by atoms with Gasteiger partial charge in [0.15, 0.2) is 5.65 Å². The average molecular weight is 372 g/mol. The van der Waals surface area contributed by atoms with Crippen molar-refractivity contribution in [1.29, 1.82) is 0 Å². The topological polar surface area (TPSA) is 47.9 Å². The third-order valence-corrected chi connectivity index (χ3v) is 5.18. The molecule has 1 aromatic carbocycles. The summed E-state index contributed by atoms with van der Waals surface area (Å²) in [5.41, 5.74) is 5.13. The molecule has 26 heavy (non-hydrogen) atoms. The Morgan fingerprint density at radius 2 is 1.77 bits per heavy atom. The van der Waals surface area contributed by atoms with E-state index in [2.05, 4.69) is 9.97 Å². The maximum atomic E-state index is 14.5. The van der Waals surface area contributed by atoms with E-state index in [1.807, 2.05) is 19.9 Å². The second kappa shape index (κ2) is 6.89. The molecule has 6 heteroatoms. The van der Waals surface area contributed by atoms with E-state index in [-0.39, 0.29) is 5.82 Å². The quantitative estimate of drug-likeness (QED) is 0.636. The van der Waals surface area contributed by atoms with E-state index < -0.39 is 0 Å². The number of nitrogens with zero attached hydrogens (tertiary/aromatic N) is 3. The molecular weight excluding hydrogens is 353 g/mol. The molecule has 1 aliphatic heterocycles. The molecule has 0 aliphatic carbocycles. The van der Waals surface area contributed by atoms with Gasteiger partial charge in [-0.2, -0.15) is 0 Å². The lowest BCUT2D eigenvalue weighted by Crippen LogP contribution is -2.15. The number of hydrogen-bond acceptors (Lipinski definition) is 4. The van der Waals surface area contributed by atoms with Crippen molar-refractivity contribution in [3.8, 4) is 11.3 Å². The van der Waals surface area contributed by atoms with Gasteiger partial charge in [0, 0.05) is 23.8 Å². The van der Waals surface area contributed by atoms with Crippen molar-refractivity contribution in [2.45, 2.75) is 32.6 Å². The molecule has 3 heterocycles. The van der Waals surface area contributed by atoms with Gasteiger partial charge in [-0.15, -0.1) is 0 Å². The highest BCUT2D eigenvalue weighted by atomic mass is 35.5. The molecule has 0 atom stereocenters. The SMILES string of the molecule is Cc1nc2nc(-c3ccc(Cl)cc3F)cc(C3CCOCC3)c2nc1C. The normalized spacial score (nSPS) is 15.5. The standard InChI is InChI=1S/C20H19ClFN3O/c1-11-12(2)24-20-19(23-11)16(13-5-7-26-8-6-13)10-18(25-20)15-4-3-14(21)9-17(15)22/h3-4,9-10,13H,5-8H2,1-2H3. The summed E-state index contributed by atoms with van der Waals surface area (Å²) in [5.74, 6) is -0.0844. The highest BCUT2D eigenvalue weighted by Crippen LogP contribution is 2.34. The van der Waals surface area contributed by atoms with E-state index in [4.69, 9.17) is 21.3 Å². The maximum absolute atomic E-state index is 14.5. The number of ether oxygens (including phenoxy) is 1. The summed E-state index contributed by atoms with van der Waals surface area (Å²) in [7, 11) is 0. The predicted octanol–water partition coefficient (Wildman–Crippen LogP) is 5.00. The minimum Gasteiger partial charge on any atom is -0.381 e. The summed E-state index contributed by atoms with van der Waals surface area (Å²) in [6, 6.07) is 6.59. The summed E-state index contributed by atoms with van der Waals surface area (Å²) in [6.45, 7) is 5.30. The molecule has 4 nitrogen and oxygen atoms in total. The first-order valence-corrected chi connectivity index (χ1v) is 9.10. The number of hydrogen-bond donors (Lipinski definition) is 0. The first-order chi connectivity index (χ1) is 12.5. The third-order valence-electron chi connectivity index (χ3n) is 4.95. The van der Waals surface area contributed by atoms with Gasteiger partial charge in [0.1, 0.15) is 11.3 Å². The Hall–Kier alpha value is -2.11. The summed E-state index contributed by atoms with van der Waals surface area (Å²) >= 11 is 5.89. The highest BCUT2D eigenvalue weighted by molar-refractivity contribution is 6.30. The van der Waals surface area contributed by atoms with Gasteiger partial charge in [-0.1, -0.05) is 11.6 Å². The van der Waals surface area contributed by atoms with Crippen molar-refractivity contribution in [3.63, 3.8) is 0 Å². The van der Waals surface area contributed by atoms with Gasteiger partial charge in [-0.05, 0) is 62.4 Å². The Labute approximate surface area is 156 Å². The molecular formula is C20H19ClFN3O. The lowest BCUT2D eigenvalue weighted by atomic mass is 9.90. The predicted molar refractivity (Wildman–Crippen MR) is 100 cm³/mol. The Bertz CT molecular complexity index is 986. The van der Waals surface area contributed by atoms with Crippen LogP contribution < -0.4 is 0 Å². The first-order valence-electron chi connectivity index (χ1n) is 8.72. The smallest absolute Gasteiger partial charge is 0.179 e. The Morgan fingerprint density at radius 3 is 2.50 bits per heavy atom. The van der Waals surface area contributed by atoms with Crippen molar-refractivity contribution in [1.82, 2.24) is 15.0 Å². The lowest BCUT2D eigenvalue weighted by Gasteiger charge is -2.24. The fourth-order valence-corrected chi connectivity index (χ4v) is 3.54. The van der Waals surface area contributed by atoms with Crippen molar-refractivity contribution in [2.24, 2.45) is 0 Å². The molecule has 134 valence electrons. The molecule has 2 aromatic heterocycles. The molecule has 0 bridgehead atoms. The molecule has 0 radical (unpaired) electrons. The summed E-state index contributed by atoms with van der Waals surface area (Å²) in [6.07, 6.45) is 1.83. The van der Waals surface area contributed by atoms with Crippen molar-refractivity contribution >= 4 is 22.8 Å². The number of rotatable bonds is 2. The molecule has 0 N–H and O–H groups in total. The Balaban J connectivity index is 1.95. The zero-order chi connectivity index (χ0) is 18.3. The molecule has 0 amide bonds. The number of pyridine rings is 1. The van der Waals surface area contributed by atoms with Crippen molar-refractivity contribution in [3.05, 3.63) is 52.1 Å². The molecule has 4 rings (SSSR count). The number of aryl methyl sites for hydroxylation is 2. The molecule has 0 unspecified atom stereocenters. The van der Waals surface area contributed by atoms with Crippen LogP contribution in [0.3, 0.4) is 0 Å². The average Bonchev–Trinajstić information content (AvgIpc) is 2.63. The molecule has 1 saturated heterocycles. The number of aromatic nitrogens is 3. The molecule has 0 saturated carbocycles. The summed E-state index contributed by atoms with van der Waals surface area (Å²) in [4.78, 5) is 14.0. The van der Waals surface area contributed by atoms with Crippen molar-refractivity contribution in [2.75, 3.05) is 13.2 Å². The number of halogens is 2. The maximum Gasteiger partial charge on any atom is 0.179 e. The first kappa shape index (κ1) is 17.3. The zero-order valence-corrected chi connectivity index (χ0v) is 15.5. The Kier molecular flexibility index (Phi) is 4.59. The Morgan fingerprint density at radius 1 is 1.04 bits per heavy atom. The molecule has 1 aliphatic rings. The van der Waals surface area contributed by atoms with E-state index in [0.29, 0.717) is 27.8 Å². The van der Waals surface area contributed by atoms with Crippen LogP contribution in [0.2, 0.25) is 5.02 Å². The van der Waals surface area contributed by atoms with Gasteiger partial charge in [0.05, 0.1) is 17.1 Å². The van der Waals surface area contributed by atoms with E-state index in [9.17, 15) is 4.39 Å². The van der Waals surface area contributed by atoms with E-state index in [1.54, 1.807) is 12.1 Å². The second-order valence-electron chi connectivity index (χ2n) is 6.67. The molecule has 0 spiro atoms. The monoisotopic (exact) mass is 371 g/mol. The van der Waals surface area contributed by atoms with E-state index in [1.165, 1.54) is 6.07 Å². The van der Waals surface area contributed by atoms with Gasteiger partial charge in [0.25, 0.3) is 0 Å². The van der Waals surface area contributed by atoms with Crippen LogP contribution in [0.1, 0.15) is 35.7 Å². The zero-order valence-electron chi connectivity index (χ0n) is 14.7. The number of fused-ring (bicyclic) bond motifs is 1. The molecule has 1 fully saturated rings. The minimum atomic E-state index is -0.390. The van der Waals surface area contributed by atoms with Gasteiger partial charge in [0.2, 0.25) is 0 Å². The van der Waals surface area contributed by atoms with Crippen LogP contribution in [0.5, 0.6) is 0 Å². The van der Waals surface area contributed by atoms with Gasteiger partial charge >= 0.3 is 0 Å². The summed E-state index contributed by atoms with van der Waals surface area (Å²) in [5, 5.41) is 0.364. The molecule has 3 aromatic rings. The van der Waals surface area contributed by atoms with E-state index in [0.717, 1.165) is 48.5 Å². The largest absolute Gasteiger partial charge is 0.381 e. The van der Waals surface area contributed by atoms with Crippen LogP contribution in [-0.4, -0.2) is 28.2 Å². The van der Waals surface area contributed by atoms with Crippen molar-refractivity contribution < 1.29 is 9.13 Å². The van der Waals surface area contributed by atoms with Gasteiger partial charge in [-0.25, -0.2) is 19.3 Å². The van der Waals surface area contributed by atoms with Crippen LogP contribution in [-0.2, 0) is 4.74 Å².